The van der Waals surface area contributed by atoms with Gasteiger partial charge in [-0.25, -0.2) is 9.97 Å². The van der Waals surface area contributed by atoms with Crippen molar-refractivity contribution >= 4 is 5.82 Å². The minimum absolute atomic E-state index is 0.709. The lowest BCUT2D eigenvalue weighted by molar-refractivity contribution is 0.767. The zero-order valence-electron chi connectivity index (χ0n) is 9.30. The van der Waals surface area contributed by atoms with Gasteiger partial charge in [-0.3, -0.25) is 4.98 Å². The van der Waals surface area contributed by atoms with E-state index in [-0.39, 0.29) is 0 Å². The quantitative estimate of drug-likeness (QED) is 0.825. The summed E-state index contributed by atoms with van der Waals surface area (Å²) in [5, 5.41) is 3.19. The summed E-state index contributed by atoms with van der Waals surface area (Å²) >= 11 is 0. The van der Waals surface area contributed by atoms with Gasteiger partial charge in [0.25, 0.3) is 0 Å². The fourth-order valence-corrected chi connectivity index (χ4v) is 1.35. The minimum atomic E-state index is 0.709. The number of imidazole rings is 1. The van der Waals surface area contributed by atoms with Crippen LogP contribution < -0.4 is 5.32 Å². The second-order valence-electron chi connectivity index (χ2n) is 3.55. The van der Waals surface area contributed by atoms with Crippen LogP contribution in [0.1, 0.15) is 19.0 Å². The summed E-state index contributed by atoms with van der Waals surface area (Å²) in [7, 11) is 0. The lowest BCUT2D eigenvalue weighted by atomic mass is 10.4. The highest BCUT2D eigenvalue weighted by molar-refractivity contribution is 5.30. The molecule has 0 radical (unpaired) electrons. The van der Waals surface area contributed by atoms with E-state index in [0.29, 0.717) is 6.54 Å². The van der Waals surface area contributed by atoms with Crippen molar-refractivity contribution in [2.45, 2.75) is 19.9 Å². The molecule has 0 saturated heterocycles. The Hall–Kier alpha value is -1.91. The number of aromatic nitrogens is 4. The van der Waals surface area contributed by atoms with Crippen LogP contribution in [0.5, 0.6) is 0 Å². The van der Waals surface area contributed by atoms with Crippen LogP contribution in [0.3, 0.4) is 0 Å². The van der Waals surface area contributed by atoms with E-state index >= 15 is 0 Å². The predicted octanol–water partition coefficient (Wildman–Crippen LogP) is 1.54. The molecular weight excluding hydrogens is 202 g/mol. The van der Waals surface area contributed by atoms with Crippen molar-refractivity contribution in [3.05, 3.63) is 36.8 Å². The summed E-state index contributed by atoms with van der Waals surface area (Å²) in [6, 6.07) is 0. The first-order valence-corrected chi connectivity index (χ1v) is 5.39. The molecule has 0 aliphatic rings. The summed E-state index contributed by atoms with van der Waals surface area (Å²) in [4.78, 5) is 12.6. The molecule has 0 aliphatic carbocycles. The van der Waals surface area contributed by atoms with E-state index < -0.39 is 0 Å². The highest BCUT2D eigenvalue weighted by Crippen LogP contribution is 2.02. The first kappa shape index (κ1) is 10.6. The number of nitrogens with one attached hydrogen (secondary N) is 1. The molecule has 0 spiro atoms. The molecule has 0 fully saturated rings. The molecule has 2 rings (SSSR count). The zero-order valence-corrected chi connectivity index (χ0v) is 9.30. The lowest BCUT2D eigenvalue weighted by Gasteiger charge is -2.04. The Kier molecular flexibility index (Phi) is 3.48. The van der Waals surface area contributed by atoms with Gasteiger partial charge in [0.2, 0.25) is 0 Å². The summed E-state index contributed by atoms with van der Waals surface area (Å²) in [5.41, 5.74) is 0.931. The molecule has 0 unspecified atom stereocenters. The normalized spacial score (nSPS) is 10.3. The maximum Gasteiger partial charge on any atom is 0.144 e. The maximum absolute atomic E-state index is 4.33. The van der Waals surface area contributed by atoms with Crippen molar-refractivity contribution in [2.24, 2.45) is 0 Å². The van der Waals surface area contributed by atoms with Crippen molar-refractivity contribution in [3.63, 3.8) is 0 Å². The molecule has 16 heavy (non-hydrogen) atoms. The van der Waals surface area contributed by atoms with E-state index in [1.807, 2.05) is 10.8 Å². The van der Waals surface area contributed by atoms with Crippen molar-refractivity contribution in [2.75, 3.05) is 11.9 Å². The smallest absolute Gasteiger partial charge is 0.144 e. The first-order chi connectivity index (χ1) is 7.88. The highest BCUT2D eigenvalue weighted by atomic mass is 15.0. The average molecular weight is 217 g/mol. The molecule has 0 aliphatic heterocycles. The van der Waals surface area contributed by atoms with E-state index in [1.165, 1.54) is 0 Å². The van der Waals surface area contributed by atoms with E-state index in [4.69, 9.17) is 0 Å². The summed E-state index contributed by atoms with van der Waals surface area (Å²) in [5.74, 6) is 0.830. The standard InChI is InChI=1S/C11H15N5/c1-2-3-13-11-7-14-10(6-15-11)8-16-5-4-12-9-16/h4-7,9H,2-3,8H2,1H3,(H,13,15). The SMILES string of the molecule is CCCNc1cnc(Cn2ccnc2)cn1. The third-order valence-electron chi connectivity index (χ3n) is 2.17. The molecule has 0 atom stereocenters. The molecule has 0 amide bonds. The van der Waals surface area contributed by atoms with Crippen molar-refractivity contribution in [1.82, 2.24) is 19.5 Å². The number of hydrogen-bond acceptors (Lipinski definition) is 4. The zero-order chi connectivity index (χ0) is 11.2. The summed E-state index contributed by atoms with van der Waals surface area (Å²) < 4.78 is 1.96. The molecule has 2 aromatic heterocycles. The molecule has 84 valence electrons. The number of rotatable bonds is 5. The van der Waals surface area contributed by atoms with E-state index in [1.54, 1.807) is 24.9 Å². The van der Waals surface area contributed by atoms with Gasteiger partial charge in [-0.15, -0.1) is 0 Å². The van der Waals surface area contributed by atoms with Crippen LogP contribution in [0.4, 0.5) is 5.82 Å². The lowest BCUT2D eigenvalue weighted by Crippen LogP contribution is -2.05. The first-order valence-electron chi connectivity index (χ1n) is 5.39. The van der Waals surface area contributed by atoms with Gasteiger partial charge < -0.3 is 9.88 Å². The number of anilines is 1. The van der Waals surface area contributed by atoms with Gasteiger partial charge in [-0.2, -0.15) is 0 Å². The minimum Gasteiger partial charge on any atom is -0.369 e. The fraction of sp³-hybridized carbons (Fsp3) is 0.364. The van der Waals surface area contributed by atoms with Crippen molar-refractivity contribution < 1.29 is 0 Å². The second-order valence-corrected chi connectivity index (χ2v) is 3.55. The topological polar surface area (TPSA) is 55.6 Å². The van der Waals surface area contributed by atoms with Crippen molar-refractivity contribution in [1.29, 1.82) is 0 Å². The van der Waals surface area contributed by atoms with Crippen LogP contribution in [0, 0.1) is 0 Å². The van der Waals surface area contributed by atoms with E-state index in [0.717, 1.165) is 24.5 Å². The summed E-state index contributed by atoms with van der Waals surface area (Å²) in [6.07, 6.45) is 10.1. The van der Waals surface area contributed by atoms with Crippen LogP contribution in [0.15, 0.2) is 31.1 Å². The molecule has 2 heterocycles. The third-order valence-corrected chi connectivity index (χ3v) is 2.17. The van der Waals surface area contributed by atoms with Gasteiger partial charge in [0.1, 0.15) is 5.82 Å². The van der Waals surface area contributed by atoms with Gasteiger partial charge in [-0.1, -0.05) is 6.92 Å². The second kappa shape index (κ2) is 5.25. The van der Waals surface area contributed by atoms with Crippen LogP contribution in [-0.2, 0) is 6.54 Å². The Balaban J connectivity index is 1.96. The van der Waals surface area contributed by atoms with Crippen LogP contribution in [0.25, 0.3) is 0 Å². The third kappa shape index (κ3) is 2.79. The molecule has 5 heteroatoms. The Morgan fingerprint density at radius 1 is 1.31 bits per heavy atom. The molecule has 1 N–H and O–H groups in total. The molecule has 5 nitrogen and oxygen atoms in total. The Morgan fingerprint density at radius 2 is 2.25 bits per heavy atom. The largest absolute Gasteiger partial charge is 0.369 e. The Morgan fingerprint density at radius 3 is 2.88 bits per heavy atom. The Bertz CT molecular complexity index is 406. The number of nitrogens with zero attached hydrogens (tertiary/aromatic N) is 4. The molecule has 2 aromatic rings. The van der Waals surface area contributed by atoms with Gasteiger partial charge in [0.15, 0.2) is 0 Å². The summed E-state index contributed by atoms with van der Waals surface area (Å²) in [6.45, 7) is 3.75. The van der Waals surface area contributed by atoms with Crippen LogP contribution >= 0.6 is 0 Å². The highest BCUT2D eigenvalue weighted by Gasteiger charge is 1.97. The fourth-order valence-electron chi connectivity index (χ4n) is 1.35. The van der Waals surface area contributed by atoms with Gasteiger partial charge in [-0.05, 0) is 6.42 Å². The predicted molar refractivity (Wildman–Crippen MR) is 62.1 cm³/mol. The molecule has 0 aromatic carbocycles. The maximum atomic E-state index is 4.33. The molecular formula is C11H15N5. The van der Waals surface area contributed by atoms with E-state index in [2.05, 4.69) is 27.2 Å². The van der Waals surface area contributed by atoms with Crippen LogP contribution in [-0.4, -0.2) is 26.1 Å². The van der Waals surface area contributed by atoms with Gasteiger partial charge in [0.05, 0.1) is 31.0 Å². The van der Waals surface area contributed by atoms with Gasteiger partial charge in [0, 0.05) is 18.9 Å². The van der Waals surface area contributed by atoms with Crippen LogP contribution in [0.2, 0.25) is 0 Å². The van der Waals surface area contributed by atoms with Gasteiger partial charge >= 0.3 is 0 Å². The molecule has 0 saturated carbocycles. The average Bonchev–Trinajstić information content (AvgIpc) is 2.81. The number of hydrogen-bond donors (Lipinski definition) is 1. The van der Waals surface area contributed by atoms with Crippen molar-refractivity contribution in [3.8, 4) is 0 Å². The molecule has 0 bridgehead atoms. The monoisotopic (exact) mass is 217 g/mol. The van der Waals surface area contributed by atoms with E-state index in [9.17, 15) is 0 Å². The Labute approximate surface area is 94.6 Å².